The second-order valence-corrected chi connectivity index (χ2v) is 8.07. The largest absolute Gasteiger partial charge is 0.353 e. The van der Waals surface area contributed by atoms with Crippen LogP contribution in [0.1, 0.15) is 25.0 Å². The molecule has 29 heavy (non-hydrogen) atoms. The monoisotopic (exact) mass is 417 g/mol. The van der Waals surface area contributed by atoms with Gasteiger partial charge >= 0.3 is 6.03 Å². The van der Waals surface area contributed by atoms with E-state index in [1.165, 1.54) is 6.07 Å². The number of thioether (sulfide) groups is 1. The number of nitrogens with one attached hydrogen (secondary N) is 3. The van der Waals surface area contributed by atoms with Crippen LogP contribution >= 0.6 is 11.8 Å². The van der Waals surface area contributed by atoms with E-state index in [1.54, 1.807) is 23.9 Å². The van der Waals surface area contributed by atoms with Crippen molar-refractivity contribution in [1.82, 2.24) is 16.0 Å². The fraction of sp³-hybridized carbons (Fsp3) is 0.364. The van der Waals surface area contributed by atoms with Crippen molar-refractivity contribution in [3.63, 3.8) is 0 Å². The zero-order chi connectivity index (χ0) is 21.1. The Balaban J connectivity index is 1.71. The summed E-state index contributed by atoms with van der Waals surface area (Å²) < 4.78 is 13.6. The number of rotatable bonds is 10. The molecule has 2 aromatic rings. The molecule has 0 heterocycles. The molecule has 5 nitrogen and oxygen atoms in total. The predicted molar refractivity (Wildman–Crippen MR) is 116 cm³/mol. The Morgan fingerprint density at radius 3 is 2.38 bits per heavy atom. The van der Waals surface area contributed by atoms with Gasteiger partial charge in [0.05, 0.1) is 0 Å². The zero-order valence-electron chi connectivity index (χ0n) is 16.8. The predicted octanol–water partition coefficient (Wildman–Crippen LogP) is 3.70. The molecule has 0 aliphatic heterocycles. The van der Waals surface area contributed by atoms with Crippen LogP contribution < -0.4 is 16.0 Å². The molecule has 0 bridgehead atoms. The summed E-state index contributed by atoms with van der Waals surface area (Å²) in [4.78, 5) is 24.6. The standard InChI is InChI=1S/C22H28FN3O2S/c1-16(2)20(26-22(28)25-14-17-8-4-3-5-9-17)21(27)24-12-13-29-15-18-10-6-7-11-19(18)23/h3-11,16,20H,12-15H2,1-2H3,(H,24,27)(H2,25,26,28). The van der Waals surface area contributed by atoms with E-state index in [0.29, 0.717) is 30.2 Å². The number of urea groups is 1. The summed E-state index contributed by atoms with van der Waals surface area (Å²) in [5.74, 6) is 0.723. The van der Waals surface area contributed by atoms with E-state index in [0.717, 1.165) is 5.56 Å². The van der Waals surface area contributed by atoms with Crippen LogP contribution in [-0.4, -0.2) is 30.3 Å². The summed E-state index contributed by atoms with van der Waals surface area (Å²) in [5, 5.41) is 8.36. The summed E-state index contributed by atoms with van der Waals surface area (Å²) in [5.41, 5.74) is 1.64. The van der Waals surface area contributed by atoms with Crippen LogP contribution in [0.2, 0.25) is 0 Å². The van der Waals surface area contributed by atoms with Crippen molar-refractivity contribution in [2.24, 2.45) is 5.92 Å². The molecule has 0 spiro atoms. The van der Waals surface area contributed by atoms with Crippen LogP contribution in [-0.2, 0) is 17.1 Å². The molecule has 0 aromatic heterocycles. The first-order valence-electron chi connectivity index (χ1n) is 9.64. The van der Waals surface area contributed by atoms with E-state index in [1.807, 2.05) is 50.2 Å². The fourth-order valence-corrected chi connectivity index (χ4v) is 3.50. The topological polar surface area (TPSA) is 70.2 Å². The van der Waals surface area contributed by atoms with Crippen molar-refractivity contribution >= 4 is 23.7 Å². The maximum atomic E-state index is 13.6. The number of carbonyl (C=O) groups excluding carboxylic acids is 2. The Morgan fingerprint density at radius 1 is 1.00 bits per heavy atom. The molecule has 156 valence electrons. The first-order chi connectivity index (χ1) is 14.0. The van der Waals surface area contributed by atoms with Gasteiger partial charge in [-0.3, -0.25) is 4.79 Å². The number of hydrogen-bond donors (Lipinski definition) is 3. The second-order valence-electron chi connectivity index (χ2n) is 6.97. The van der Waals surface area contributed by atoms with Gasteiger partial charge in [0.15, 0.2) is 0 Å². The van der Waals surface area contributed by atoms with Crippen molar-refractivity contribution in [2.75, 3.05) is 12.3 Å². The number of halogens is 1. The van der Waals surface area contributed by atoms with E-state index in [-0.39, 0.29) is 23.7 Å². The van der Waals surface area contributed by atoms with Crippen LogP contribution in [0.25, 0.3) is 0 Å². The minimum absolute atomic E-state index is 0.0523. The van der Waals surface area contributed by atoms with Crippen molar-refractivity contribution in [3.8, 4) is 0 Å². The van der Waals surface area contributed by atoms with Gasteiger partial charge in [0.2, 0.25) is 5.91 Å². The van der Waals surface area contributed by atoms with Gasteiger partial charge in [-0.1, -0.05) is 62.4 Å². The van der Waals surface area contributed by atoms with Gasteiger partial charge in [-0.25, -0.2) is 9.18 Å². The molecule has 3 amide bonds. The van der Waals surface area contributed by atoms with Gasteiger partial charge < -0.3 is 16.0 Å². The third-order valence-corrected chi connectivity index (χ3v) is 5.30. The number of benzene rings is 2. The molecule has 1 atom stereocenters. The molecule has 2 aromatic carbocycles. The highest BCUT2D eigenvalue weighted by Gasteiger charge is 2.23. The zero-order valence-corrected chi connectivity index (χ0v) is 17.6. The van der Waals surface area contributed by atoms with Crippen molar-refractivity contribution < 1.29 is 14.0 Å². The van der Waals surface area contributed by atoms with Crippen molar-refractivity contribution in [1.29, 1.82) is 0 Å². The molecular formula is C22H28FN3O2S. The quantitative estimate of drug-likeness (QED) is 0.516. The number of amides is 3. The minimum atomic E-state index is -0.623. The molecule has 0 radical (unpaired) electrons. The van der Waals surface area contributed by atoms with Crippen LogP contribution in [0.4, 0.5) is 9.18 Å². The number of hydrogen-bond acceptors (Lipinski definition) is 3. The average Bonchev–Trinajstić information content (AvgIpc) is 2.72. The summed E-state index contributed by atoms with van der Waals surface area (Å²) in [7, 11) is 0. The van der Waals surface area contributed by atoms with E-state index >= 15 is 0 Å². The lowest BCUT2D eigenvalue weighted by Gasteiger charge is -2.22. The molecule has 0 saturated heterocycles. The molecule has 7 heteroatoms. The minimum Gasteiger partial charge on any atom is -0.353 e. The first-order valence-corrected chi connectivity index (χ1v) is 10.8. The van der Waals surface area contributed by atoms with Crippen LogP contribution in [0.3, 0.4) is 0 Å². The van der Waals surface area contributed by atoms with Gasteiger partial charge in [0, 0.05) is 24.6 Å². The molecule has 2 rings (SSSR count). The maximum absolute atomic E-state index is 13.6. The Morgan fingerprint density at radius 2 is 1.69 bits per heavy atom. The highest BCUT2D eigenvalue weighted by molar-refractivity contribution is 7.98. The molecule has 0 saturated carbocycles. The lowest BCUT2D eigenvalue weighted by atomic mass is 10.0. The lowest BCUT2D eigenvalue weighted by Crippen LogP contribution is -2.52. The lowest BCUT2D eigenvalue weighted by molar-refractivity contribution is -0.123. The molecule has 0 aliphatic rings. The fourth-order valence-electron chi connectivity index (χ4n) is 2.66. The summed E-state index contributed by atoms with van der Waals surface area (Å²) >= 11 is 1.55. The summed E-state index contributed by atoms with van der Waals surface area (Å²) in [6.07, 6.45) is 0. The van der Waals surface area contributed by atoms with E-state index < -0.39 is 6.04 Å². The molecular weight excluding hydrogens is 389 g/mol. The SMILES string of the molecule is CC(C)C(NC(=O)NCc1ccccc1)C(=O)NCCSCc1ccccc1F. The van der Waals surface area contributed by atoms with Crippen molar-refractivity contribution in [3.05, 3.63) is 71.5 Å². The number of carbonyl (C=O) groups is 2. The molecule has 3 N–H and O–H groups in total. The summed E-state index contributed by atoms with van der Waals surface area (Å²) in [6.45, 7) is 4.61. The Bertz CT molecular complexity index is 787. The average molecular weight is 418 g/mol. The third-order valence-electron chi connectivity index (χ3n) is 4.29. The van der Waals surface area contributed by atoms with Gasteiger partial charge in [-0.15, -0.1) is 0 Å². The van der Waals surface area contributed by atoms with Gasteiger partial charge in [0.25, 0.3) is 0 Å². The third kappa shape index (κ3) is 8.15. The van der Waals surface area contributed by atoms with Gasteiger partial charge in [-0.2, -0.15) is 11.8 Å². The molecule has 1 unspecified atom stereocenters. The van der Waals surface area contributed by atoms with E-state index in [4.69, 9.17) is 0 Å². The smallest absolute Gasteiger partial charge is 0.315 e. The second kappa shape index (κ2) is 12.1. The Hall–Kier alpha value is -2.54. The molecule has 0 fully saturated rings. The Kier molecular flexibility index (Phi) is 9.50. The van der Waals surface area contributed by atoms with Crippen molar-refractivity contribution in [2.45, 2.75) is 32.2 Å². The highest BCUT2D eigenvalue weighted by atomic mass is 32.2. The van der Waals surface area contributed by atoms with Crippen LogP contribution in [0.5, 0.6) is 0 Å². The van der Waals surface area contributed by atoms with Gasteiger partial charge in [0.1, 0.15) is 11.9 Å². The first kappa shape index (κ1) is 22.7. The van der Waals surface area contributed by atoms with Gasteiger partial charge in [-0.05, 0) is 23.1 Å². The summed E-state index contributed by atoms with van der Waals surface area (Å²) in [6, 6.07) is 15.2. The normalized spacial score (nSPS) is 11.7. The molecule has 0 aliphatic carbocycles. The highest BCUT2D eigenvalue weighted by Crippen LogP contribution is 2.14. The van der Waals surface area contributed by atoms with E-state index in [2.05, 4.69) is 16.0 Å². The van der Waals surface area contributed by atoms with Crippen LogP contribution in [0.15, 0.2) is 54.6 Å². The maximum Gasteiger partial charge on any atom is 0.315 e. The Labute approximate surface area is 175 Å². The van der Waals surface area contributed by atoms with Crippen LogP contribution in [0, 0.1) is 11.7 Å². The van der Waals surface area contributed by atoms with E-state index in [9.17, 15) is 14.0 Å².